The van der Waals surface area contributed by atoms with Gasteiger partial charge in [-0.2, -0.15) is 0 Å². The van der Waals surface area contributed by atoms with Crippen LogP contribution in [0.2, 0.25) is 5.02 Å². The Kier molecular flexibility index (Phi) is 4.69. The van der Waals surface area contributed by atoms with Gasteiger partial charge in [0.05, 0.1) is 29.1 Å². The lowest BCUT2D eigenvalue weighted by Crippen LogP contribution is -2.07. The number of halogens is 3. The van der Waals surface area contributed by atoms with Gasteiger partial charge < -0.3 is 15.8 Å². The number of carbonyl (C=O) groups excluding carboxylic acids is 1. The molecule has 0 fully saturated rings. The average Bonchev–Trinajstić information content (AvgIpc) is 2.43. The Bertz CT molecular complexity index is 686. The summed E-state index contributed by atoms with van der Waals surface area (Å²) in [6.45, 7) is 0. The van der Waals surface area contributed by atoms with Crippen LogP contribution in [0.5, 0.6) is 0 Å². The van der Waals surface area contributed by atoms with Crippen molar-refractivity contribution in [2.45, 2.75) is 0 Å². The van der Waals surface area contributed by atoms with Crippen LogP contribution in [-0.2, 0) is 4.74 Å². The van der Waals surface area contributed by atoms with Crippen molar-refractivity contribution in [1.82, 2.24) is 0 Å². The molecule has 0 aromatic heterocycles. The minimum atomic E-state index is -0.542. The summed E-state index contributed by atoms with van der Waals surface area (Å²) in [6, 6.07) is 7.17. The first-order valence-electron chi connectivity index (χ1n) is 5.81. The molecule has 0 amide bonds. The summed E-state index contributed by atoms with van der Waals surface area (Å²) in [5.74, 6) is -1.01. The first-order valence-corrected chi connectivity index (χ1v) is 6.99. The summed E-state index contributed by atoms with van der Waals surface area (Å²) in [6.07, 6.45) is 0. The van der Waals surface area contributed by atoms with Crippen molar-refractivity contribution in [3.8, 4) is 0 Å². The van der Waals surface area contributed by atoms with Crippen molar-refractivity contribution >= 4 is 50.6 Å². The molecule has 2 aromatic carbocycles. The van der Waals surface area contributed by atoms with Gasteiger partial charge in [0.2, 0.25) is 0 Å². The van der Waals surface area contributed by atoms with E-state index >= 15 is 0 Å². The molecule has 0 aliphatic carbocycles. The van der Waals surface area contributed by atoms with Crippen LogP contribution in [0.4, 0.5) is 21.5 Å². The van der Waals surface area contributed by atoms with Crippen LogP contribution in [0.25, 0.3) is 0 Å². The Balaban J connectivity index is 2.47. The van der Waals surface area contributed by atoms with E-state index in [1.807, 2.05) is 0 Å². The summed E-state index contributed by atoms with van der Waals surface area (Å²) in [5.41, 5.74) is 7.24. The average molecular weight is 374 g/mol. The summed E-state index contributed by atoms with van der Waals surface area (Å²) in [4.78, 5) is 11.8. The van der Waals surface area contributed by atoms with Gasteiger partial charge in [0.15, 0.2) is 0 Å². The van der Waals surface area contributed by atoms with E-state index in [4.69, 9.17) is 22.1 Å². The van der Waals surface area contributed by atoms with E-state index in [0.717, 1.165) is 0 Å². The highest BCUT2D eigenvalue weighted by Crippen LogP contribution is 2.35. The number of benzene rings is 2. The van der Waals surface area contributed by atoms with Crippen molar-refractivity contribution in [3.05, 3.63) is 51.2 Å². The number of anilines is 3. The maximum absolute atomic E-state index is 13.2. The second kappa shape index (κ2) is 6.32. The fraction of sp³-hybridized carbons (Fsp3) is 0.0714. The van der Waals surface area contributed by atoms with E-state index < -0.39 is 11.8 Å². The van der Waals surface area contributed by atoms with Crippen LogP contribution < -0.4 is 11.1 Å². The maximum Gasteiger partial charge on any atom is 0.340 e. The van der Waals surface area contributed by atoms with Crippen molar-refractivity contribution in [2.24, 2.45) is 0 Å². The van der Waals surface area contributed by atoms with Crippen LogP contribution >= 0.6 is 27.5 Å². The Morgan fingerprint density at radius 3 is 2.71 bits per heavy atom. The summed E-state index contributed by atoms with van der Waals surface area (Å²) < 4.78 is 18.4. The third-order valence-electron chi connectivity index (χ3n) is 2.72. The molecule has 2 aromatic rings. The number of rotatable bonds is 3. The van der Waals surface area contributed by atoms with Gasteiger partial charge in [-0.3, -0.25) is 0 Å². The Labute approximate surface area is 134 Å². The number of nitrogens with two attached hydrogens (primary N) is 1. The van der Waals surface area contributed by atoms with E-state index in [2.05, 4.69) is 21.2 Å². The van der Waals surface area contributed by atoms with E-state index in [1.165, 1.54) is 25.3 Å². The molecule has 0 bridgehead atoms. The molecule has 0 radical (unpaired) electrons. The molecule has 110 valence electrons. The SMILES string of the molecule is COC(=O)c1cc(N)ccc1Nc1c(Cl)cc(F)cc1Br. The maximum atomic E-state index is 13.2. The number of ether oxygens (including phenoxy) is 1. The summed E-state index contributed by atoms with van der Waals surface area (Å²) in [5, 5.41) is 3.15. The molecule has 4 nitrogen and oxygen atoms in total. The van der Waals surface area contributed by atoms with Crippen LogP contribution in [0.15, 0.2) is 34.8 Å². The minimum Gasteiger partial charge on any atom is -0.465 e. The normalized spacial score (nSPS) is 10.3. The topological polar surface area (TPSA) is 64.3 Å². The third kappa shape index (κ3) is 3.46. The van der Waals surface area contributed by atoms with Crippen LogP contribution in [0.1, 0.15) is 10.4 Å². The molecule has 0 aliphatic heterocycles. The molecule has 0 unspecified atom stereocenters. The lowest BCUT2D eigenvalue weighted by Gasteiger charge is -2.14. The van der Waals surface area contributed by atoms with E-state index in [-0.39, 0.29) is 10.6 Å². The molecule has 3 N–H and O–H groups in total. The van der Waals surface area contributed by atoms with Gasteiger partial charge in [0, 0.05) is 10.2 Å². The summed E-state index contributed by atoms with van der Waals surface area (Å²) >= 11 is 9.23. The van der Waals surface area contributed by atoms with Gasteiger partial charge in [-0.05, 0) is 46.3 Å². The molecule has 0 aliphatic rings. The molecule has 0 heterocycles. The first-order chi connectivity index (χ1) is 9.92. The van der Waals surface area contributed by atoms with Gasteiger partial charge in [-0.1, -0.05) is 11.6 Å². The van der Waals surface area contributed by atoms with Crippen LogP contribution in [0.3, 0.4) is 0 Å². The molecule has 21 heavy (non-hydrogen) atoms. The predicted octanol–water partition coefficient (Wildman–Crippen LogP) is 4.35. The number of nitrogen functional groups attached to an aromatic ring is 1. The Morgan fingerprint density at radius 1 is 1.38 bits per heavy atom. The number of methoxy groups -OCH3 is 1. The van der Waals surface area contributed by atoms with Crippen molar-refractivity contribution in [2.75, 3.05) is 18.2 Å². The van der Waals surface area contributed by atoms with Crippen LogP contribution in [0, 0.1) is 5.82 Å². The quantitative estimate of drug-likeness (QED) is 0.620. The zero-order valence-corrected chi connectivity index (χ0v) is 13.3. The monoisotopic (exact) mass is 372 g/mol. The van der Waals surface area contributed by atoms with Gasteiger partial charge >= 0.3 is 5.97 Å². The van der Waals surface area contributed by atoms with Crippen molar-refractivity contribution in [1.29, 1.82) is 0 Å². The van der Waals surface area contributed by atoms with Crippen LogP contribution in [-0.4, -0.2) is 13.1 Å². The smallest absolute Gasteiger partial charge is 0.340 e. The molecule has 0 atom stereocenters. The van der Waals surface area contributed by atoms with E-state index in [1.54, 1.807) is 12.1 Å². The highest BCUT2D eigenvalue weighted by Gasteiger charge is 2.15. The molecule has 0 spiro atoms. The van der Waals surface area contributed by atoms with Gasteiger partial charge in [0.25, 0.3) is 0 Å². The predicted molar refractivity (Wildman–Crippen MR) is 84.6 cm³/mol. The minimum absolute atomic E-state index is 0.175. The summed E-state index contributed by atoms with van der Waals surface area (Å²) in [7, 11) is 1.27. The van der Waals surface area contributed by atoms with Crippen molar-refractivity contribution in [3.63, 3.8) is 0 Å². The van der Waals surface area contributed by atoms with E-state index in [0.29, 0.717) is 21.5 Å². The van der Waals surface area contributed by atoms with Gasteiger partial charge in [-0.15, -0.1) is 0 Å². The fourth-order valence-corrected chi connectivity index (χ4v) is 2.64. The number of nitrogens with one attached hydrogen (secondary N) is 1. The highest BCUT2D eigenvalue weighted by atomic mass is 79.9. The first kappa shape index (κ1) is 15.6. The van der Waals surface area contributed by atoms with Gasteiger partial charge in [-0.25, -0.2) is 9.18 Å². The number of esters is 1. The fourth-order valence-electron chi connectivity index (χ4n) is 1.75. The third-order valence-corrected chi connectivity index (χ3v) is 3.64. The zero-order valence-electron chi connectivity index (χ0n) is 10.9. The molecular weight excluding hydrogens is 363 g/mol. The zero-order chi connectivity index (χ0) is 15.6. The van der Waals surface area contributed by atoms with Crippen molar-refractivity contribution < 1.29 is 13.9 Å². The molecule has 2 rings (SSSR count). The molecule has 0 saturated carbocycles. The molecule has 0 saturated heterocycles. The second-order valence-corrected chi connectivity index (χ2v) is 5.43. The Hall–Kier alpha value is -1.79. The van der Waals surface area contributed by atoms with Gasteiger partial charge in [0.1, 0.15) is 5.82 Å². The lowest BCUT2D eigenvalue weighted by molar-refractivity contribution is 0.0602. The number of hydrogen-bond acceptors (Lipinski definition) is 4. The highest BCUT2D eigenvalue weighted by molar-refractivity contribution is 9.10. The largest absolute Gasteiger partial charge is 0.465 e. The lowest BCUT2D eigenvalue weighted by atomic mass is 10.1. The number of hydrogen-bond donors (Lipinski definition) is 2. The number of carbonyl (C=O) groups is 1. The Morgan fingerprint density at radius 2 is 2.10 bits per heavy atom. The second-order valence-electron chi connectivity index (χ2n) is 4.17. The standard InChI is InChI=1S/C14H11BrClFN2O2/c1-21-14(20)9-6-8(18)2-3-12(9)19-13-10(15)4-7(17)5-11(13)16/h2-6,19H,18H2,1H3. The van der Waals surface area contributed by atoms with E-state index in [9.17, 15) is 9.18 Å². The molecular formula is C14H11BrClFN2O2. The molecule has 7 heteroatoms.